The third-order valence-corrected chi connectivity index (χ3v) is 4.17. The normalized spacial score (nSPS) is 13.1. The highest BCUT2D eigenvalue weighted by molar-refractivity contribution is 7.80. The van der Waals surface area contributed by atoms with Gasteiger partial charge in [0.25, 0.3) is 0 Å². The molecule has 0 aromatic heterocycles. The number of thiocarbonyl (C=S) groups is 1. The smallest absolute Gasteiger partial charge is 0.235 e. The second-order valence-corrected chi connectivity index (χ2v) is 5.78. The maximum Gasteiger partial charge on any atom is 0.235 e. The predicted octanol–water partition coefficient (Wildman–Crippen LogP) is 2.74. The van der Waals surface area contributed by atoms with Crippen molar-refractivity contribution in [3.05, 3.63) is 0 Å². The first-order valence-corrected chi connectivity index (χ1v) is 7.91. The van der Waals surface area contributed by atoms with Crippen LogP contribution in [0.15, 0.2) is 0 Å². The fourth-order valence-corrected chi connectivity index (χ4v) is 3.10. The predicted molar refractivity (Wildman–Crippen MR) is 87.8 cm³/mol. The summed E-state index contributed by atoms with van der Waals surface area (Å²) in [5.41, 5.74) is 5.27. The molecule has 0 spiro atoms. The number of methoxy groups -OCH3 is 1. The highest BCUT2D eigenvalue weighted by Gasteiger charge is 2.43. The van der Waals surface area contributed by atoms with Crippen LogP contribution in [0.4, 0.5) is 0 Å². The number of likely N-dealkylation sites (N-methyl/N-ethyl adjacent to an activating group) is 1. The van der Waals surface area contributed by atoms with Crippen LogP contribution < -0.4 is 5.73 Å². The molecule has 0 aliphatic heterocycles. The molecule has 0 aliphatic rings. The lowest BCUT2D eigenvalue weighted by molar-refractivity contribution is -0.142. The van der Waals surface area contributed by atoms with E-state index >= 15 is 0 Å². The summed E-state index contributed by atoms with van der Waals surface area (Å²) in [6, 6.07) is 0.0277. The van der Waals surface area contributed by atoms with Crippen molar-refractivity contribution in [3.8, 4) is 0 Å². The maximum atomic E-state index is 13.0. The first kappa shape index (κ1) is 19.3. The average Bonchev–Trinajstić information content (AvgIpc) is 2.39. The third-order valence-electron chi connectivity index (χ3n) is 3.78. The number of carbonyl (C=O) groups excluding carboxylic acids is 1. The molecular formula is C15H30N2O2S. The van der Waals surface area contributed by atoms with Crippen LogP contribution >= 0.6 is 12.2 Å². The summed E-state index contributed by atoms with van der Waals surface area (Å²) in [4.78, 5) is 15.2. The van der Waals surface area contributed by atoms with Crippen LogP contribution in [0.5, 0.6) is 0 Å². The molecule has 1 amide bonds. The maximum absolute atomic E-state index is 13.0. The van der Waals surface area contributed by atoms with E-state index in [-0.39, 0.29) is 11.9 Å². The highest BCUT2D eigenvalue weighted by Crippen LogP contribution is 2.33. The molecule has 2 N–H and O–H groups in total. The van der Waals surface area contributed by atoms with E-state index in [9.17, 15) is 4.79 Å². The monoisotopic (exact) mass is 302 g/mol. The van der Waals surface area contributed by atoms with E-state index in [1.54, 1.807) is 7.11 Å². The lowest BCUT2D eigenvalue weighted by atomic mass is 9.77. The zero-order valence-corrected chi connectivity index (χ0v) is 14.4. The van der Waals surface area contributed by atoms with Gasteiger partial charge in [0.1, 0.15) is 0 Å². The second-order valence-electron chi connectivity index (χ2n) is 5.34. The van der Waals surface area contributed by atoms with Crippen molar-refractivity contribution in [1.82, 2.24) is 4.90 Å². The van der Waals surface area contributed by atoms with Crippen molar-refractivity contribution in [1.29, 1.82) is 0 Å². The molecule has 0 fully saturated rings. The summed E-state index contributed by atoms with van der Waals surface area (Å²) in [5, 5.41) is 0. The van der Waals surface area contributed by atoms with E-state index in [1.807, 2.05) is 18.7 Å². The topological polar surface area (TPSA) is 55.6 Å². The Hall–Kier alpha value is -0.680. The molecular weight excluding hydrogens is 272 g/mol. The van der Waals surface area contributed by atoms with Crippen LogP contribution in [-0.2, 0) is 9.53 Å². The highest BCUT2D eigenvalue weighted by atomic mass is 32.1. The molecule has 0 rings (SSSR count). The van der Waals surface area contributed by atoms with Crippen molar-refractivity contribution in [2.75, 3.05) is 20.3 Å². The molecule has 0 aliphatic carbocycles. The van der Waals surface area contributed by atoms with Gasteiger partial charge in [-0.05, 0) is 26.7 Å². The molecule has 0 bridgehead atoms. The minimum atomic E-state index is -0.698. The zero-order chi connectivity index (χ0) is 15.8. The Morgan fingerprint density at radius 1 is 1.30 bits per heavy atom. The zero-order valence-electron chi connectivity index (χ0n) is 13.6. The van der Waals surface area contributed by atoms with Gasteiger partial charge in [-0.3, -0.25) is 4.79 Å². The molecule has 1 atom stereocenters. The molecule has 5 heteroatoms. The van der Waals surface area contributed by atoms with Crippen molar-refractivity contribution < 1.29 is 9.53 Å². The minimum Gasteiger partial charge on any atom is -0.392 e. The van der Waals surface area contributed by atoms with E-state index in [0.29, 0.717) is 31.0 Å². The lowest BCUT2D eigenvalue weighted by Crippen LogP contribution is -2.54. The summed E-state index contributed by atoms with van der Waals surface area (Å²) in [6.07, 6.45) is 3.20. The standard InChI is InChI=1S/C15H30N2O2S/c1-6-9-15(10-7-2,13(16)20)14(18)17(8-3)12(4)11-19-5/h12H,6-11H2,1-5H3,(H2,16,20). The van der Waals surface area contributed by atoms with E-state index in [4.69, 9.17) is 22.7 Å². The molecule has 4 nitrogen and oxygen atoms in total. The van der Waals surface area contributed by atoms with Gasteiger partial charge in [0.15, 0.2) is 0 Å². The first-order valence-electron chi connectivity index (χ1n) is 7.51. The summed E-state index contributed by atoms with van der Waals surface area (Å²) in [6.45, 7) is 9.25. The average molecular weight is 302 g/mol. The summed E-state index contributed by atoms with van der Waals surface area (Å²) in [7, 11) is 1.65. The second kappa shape index (κ2) is 9.29. The largest absolute Gasteiger partial charge is 0.392 e. The van der Waals surface area contributed by atoms with Crippen LogP contribution in [0, 0.1) is 5.41 Å². The van der Waals surface area contributed by atoms with Gasteiger partial charge < -0.3 is 15.4 Å². The summed E-state index contributed by atoms with van der Waals surface area (Å²) in [5.74, 6) is 0.0563. The van der Waals surface area contributed by atoms with Crippen molar-refractivity contribution in [3.63, 3.8) is 0 Å². The van der Waals surface area contributed by atoms with Gasteiger partial charge in [-0.1, -0.05) is 38.9 Å². The van der Waals surface area contributed by atoms with Gasteiger partial charge in [-0.2, -0.15) is 0 Å². The fraction of sp³-hybridized carbons (Fsp3) is 0.867. The summed E-state index contributed by atoms with van der Waals surface area (Å²) >= 11 is 5.25. The van der Waals surface area contributed by atoms with E-state index < -0.39 is 5.41 Å². The van der Waals surface area contributed by atoms with Gasteiger partial charge in [0.2, 0.25) is 5.91 Å². The molecule has 0 saturated heterocycles. The van der Waals surface area contributed by atoms with Crippen molar-refractivity contribution in [2.24, 2.45) is 11.1 Å². The number of nitrogens with two attached hydrogens (primary N) is 1. The van der Waals surface area contributed by atoms with E-state index in [1.165, 1.54) is 0 Å². The molecule has 0 aromatic carbocycles. The SMILES string of the molecule is CCCC(CCC)(C(=O)N(CC)C(C)COC)C(N)=S. The quantitative estimate of drug-likeness (QED) is 0.630. The first-order chi connectivity index (χ1) is 9.41. The number of amides is 1. The Kier molecular flexibility index (Phi) is 8.98. The number of hydrogen-bond donors (Lipinski definition) is 1. The Morgan fingerprint density at radius 3 is 2.10 bits per heavy atom. The Bertz CT molecular complexity index is 315. The van der Waals surface area contributed by atoms with Gasteiger partial charge >= 0.3 is 0 Å². The van der Waals surface area contributed by atoms with Gasteiger partial charge in [-0.15, -0.1) is 0 Å². The molecule has 1 unspecified atom stereocenters. The molecule has 0 radical (unpaired) electrons. The Balaban J connectivity index is 5.42. The summed E-state index contributed by atoms with van der Waals surface area (Å²) < 4.78 is 5.17. The number of ether oxygens (including phenoxy) is 1. The lowest BCUT2D eigenvalue weighted by Gasteiger charge is -2.38. The molecule has 118 valence electrons. The molecule has 20 heavy (non-hydrogen) atoms. The number of nitrogens with zero attached hydrogens (tertiary/aromatic N) is 1. The van der Waals surface area contributed by atoms with Gasteiger partial charge in [-0.25, -0.2) is 0 Å². The van der Waals surface area contributed by atoms with Crippen molar-refractivity contribution >= 4 is 23.1 Å². The van der Waals surface area contributed by atoms with Crippen LogP contribution in [0.1, 0.15) is 53.4 Å². The minimum absolute atomic E-state index is 0.0277. The molecule has 0 saturated carbocycles. The molecule has 0 heterocycles. The fourth-order valence-electron chi connectivity index (χ4n) is 2.81. The van der Waals surface area contributed by atoms with Crippen LogP contribution in [-0.4, -0.2) is 42.1 Å². The van der Waals surface area contributed by atoms with E-state index in [2.05, 4.69) is 13.8 Å². The van der Waals surface area contributed by atoms with Crippen LogP contribution in [0.2, 0.25) is 0 Å². The molecule has 0 aromatic rings. The van der Waals surface area contributed by atoms with Crippen LogP contribution in [0.3, 0.4) is 0 Å². The van der Waals surface area contributed by atoms with Gasteiger partial charge in [0, 0.05) is 13.7 Å². The number of rotatable bonds is 10. The van der Waals surface area contributed by atoms with Crippen LogP contribution in [0.25, 0.3) is 0 Å². The van der Waals surface area contributed by atoms with Crippen molar-refractivity contribution in [2.45, 2.75) is 59.4 Å². The Morgan fingerprint density at radius 2 is 1.80 bits per heavy atom. The van der Waals surface area contributed by atoms with Gasteiger partial charge in [0.05, 0.1) is 23.1 Å². The number of hydrogen-bond acceptors (Lipinski definition) is 3. The Labute approximate surface area is 129 Å². The van der Waals surface area contributed by atoms with E-state index in [0.717, 1.165) is 12.8 Å². The third kappa shape index (κ3) is 4.42. The number of carbonyl (C=O) groups is 1.